The third kappa shape index (κ3) is 2.58. The minimum absolute atomic E-state index is 0.777. The van der Waals surface area contributed by atoms with E-state index in [0.717, 1.165) is 29.4 Å². The first-order valence-corrected chi connectivity index (χ1v) is 6.68. The molecule has 0 saturated heterocycles. The molecule has 2 aliphatic carbocycles. The van der Waals surface area contributed by atoms with Crippen LogP contribution in [0.2, 0.25) is 5.02 Å². The van der Waals surface area contributed by atoms with Gasteiger partial charge in [0.2, 0.25) is 0 Å². The average Bonchev–Trinajstić information content (AvgIpc) is 3.13. The highest BCUT2D eigenvalue weighted by Gasteiger charge is 2.40. The van der Waals surface area contributed by atoms with Gasteiger partial charge in [-0.05, 0) is 55.2 Å². The predicted octanol–water partition coefficient (Wildman–Crippen LogP) is 3.62. The van der Waals surface area contributed by atoms with Crippen LogP contribution in [0.25, 0.3) is 0 Å². The van der Waals surface area contributed by atoms with Gasteiger partial charge in [-0.25, -0.2) is 0 Å². The van der Waals surface area contributed by atoms with E-state index >= 15 is 0 Å². The molecule has 0 spiro atoms. The molecule has 0 unspecified atom stereocenters. The fourth-order valence-corrected chi connectivity index (χ4v) is 2.72. The quantitative estimate of drug-likeness (QED) is 0.822. The Hall–Kier alpha value is -0.530. The molecule has 1 aromatic carbocycles. The van der Waals surface area contributed by atoms with Crippen molar-refractivity contribution in [2.24, 2.45) is 11.8 Å². The normalized spacial score (nSPS) is 20.4. The van der Waals surface area contributed by atoms with Crippen molar-refractivity contribution in [3.05, 3.63) is 34.9 Å². The van der Waals surface area contributed by atoms with Crippen molar-refractivity contribution in [3.63, 3.8) is 0 Å². The van der Waals surface area contributed by atoms with Gasteiger partial charge in [0.25, 0.3) is 0 Å². The van der Waals surface area contributed by atoms with Crippen molar-refractivity contribution >= 4 is 11.6 Å². The van der Waals surface area contributed by atoms with Crippen LogP contribution in [0.4, 0.5) is 0 Å². The van der Waals surface area contributed by atoms with Crippen molar-refractivity contribution in [3.8, 4) is 0 Å². The maximum atomic E-state index is 5.98. The summed E-state index contributed by atoms with van der Waals surface area (Å²) in [4.78, 5) is 0. The summed E-state index contributed by atoms with van der Waals surface area (Å²) >= 11 is 5.98. The third-order valence-corrected chi connectivity index (χ3v) is 3.93. The lowest BCUT2D eigenvalue weighted by Gasteiger charge is -2.17. The van der Waals surface area contributed by atoms with E-state index in [1.54, 1.807) is 0 Å². The van der Waals surface area contributed by atoms with E-state index < -0.39 is 0 Å². The SMILES string of the molecule is Clc1cccc(CNC(C2CC2)C2CC2)c1. The molecular weight excluding hydrogens is 218 g/mol. The second-order valence-electron chi connectivity index (χ2n) is 5.21. The number of benzene rings is 1. The van der Waals surface area contributed by atoms with Gasteiger partial charge in [-0.2, -0.15) is 0 Å². The molecule has 0 bridgehead atoms. The van der Waals surface area contributed by atoms with Crippen LogP contribution < -0.4 is 5.32 Å². The van der Waals surface area contributed by atoms with Crippen LogP contribution in [0.3, 0.4) is 0 Å². The first kappa shape index (κ1) is 10.6. The monoisotopic (exact) mass is 235 g/mol. The minimum atomic E-state index is 0.777. The average molecular weight is 236 g/mol. The summed E-state index contributed by atoms with van der Waals surface area (Å²) in [5.74, 6) is 1.93. The highest BCUT2D eigenvalue weighted by molar-refractivity contribution is 6.30. The van der Waals surface area contributed by atoms with Gasteiger partial charge in [0.05, 0.1) is 0 Å². The summed E-state index contributed by atoms with van der Waals surface area (Å²) in [5, 5.41) is 4.57. The smallest absolute Gasteiger partial charge is 0.0409 e. The predicted molar refractivity (Wildman–Crippen MR) is 67.5 cm³/mol. The molecule has 2 saturated carbocycles. The van der Waals surface area contributed by atoms with E-state index in [4.69, 9.17) is 11.6 Å². The first-order valence-electron chi connectivity index (χ1n) is 6.31. The van der Waals surface area contributed by atoms with E-state index in [2.05, 4.69) is 17.4 Å². The maximum Gasteiger partial charge on any atom is 0.0409 e. The van der Waals surface area contributed by atoms with Gasteiger partial charge < -0.3 is 5.32 Å². The zero-order valence-corrected chi connectivity index (χ0v) is 10.2. The molecular formula is C14H18ClN. The fraction of sp³-hybridized carbons (Fsp3) is 0.571. The Morgan fingerprint density at radius 3 is 2.44 bits per heavy atom. The Kier molecular flexibility index (Phi) is 2.91. The molecule has 16 heavy (non-hydrogen) atoms. The number of hydrogen-bond donors (Lipinski definition) is 1. The van der Waals surface area contributed by atoms with Gasteiger partial charge in [0.15, 0.2) is 0 Å². The maximum absolute atomic E-state index is 5.98. The molecule has 86 valence electrons. The topological polar surface area (TPSA) is 12.0 Å². The van der Waals surface area contributed by atoms with Crippen LogP contribution in [0.15, 0.2) is 24.3 Å². The number of nitrogens with one attached hydrogen (secondary N) is 1. The van der Waals surface area contributed by atoms with Crippen LogP contribution in [0.1, 0.15) is 31.2 Å². The molecule has 0 aliphatic heterocycles. The molecule has 0 radical (unpaired) electrons. The molecule has 1 nitrogen and oxygen atoms in total. The molecule has 3 rings (SSSR count). The van der Waals surface area contributed by atoms with Crippen molar-refractivity contribution < 1.29 is 0 Å². The second-order valence-corrected chi connectivity index (χ2v) is 5.65. The highest BCUT2D eigenvalue weighted by Crippen LogP contribution is 2.44. The molecule has 2 heteroatoms. The van der Waals surface area contributed by atoms with E-state index in [-0.39, 0.29) is 0 Å². The van der Waals surface area contributed by atoms with Crippen LogP contribution in [-0.4, -0.2) is 6.04 Å². The van der Waals surface area contributed by atoms with Crippen molar-refractivity contribution in [1.82, 2.24) is 5.32 Å². The lowest BCUT2D eigenvalue weighted by molar-refractivity contribution is 0.416. The Morgan fingerprint density at radius 1 is 1.19 bits per heavy atom. The van der Waals surface area contributed by atoms with E-state index in [1.807, 2.05) is 12.1 Å². The van der Waals surface area contributed by atoms with Crippen molar-refractivity contribution in [2.45, 2.75) is 38.3 Å². The third-order valence-electron chi connectivity index (χ3n) is 3.69. The summed E-state index contributed by atoms with van der Waals surface area (Å²) in [5.41, 5.74) is 1.30. The second kappa shape index (κ2) is 4.38. The van der Waals surface area contributed by atoms with Gasteiger partial charge in [0, 0.05) is 17.6 Å². The Morgan fingerprint density at radius 2 is 1.88 bits per heavy atom. The highest BCUT2D eigenvalue weighted by atomic mass is 35.5. The summed E-state index contributed by atoms with van der Waals surface area (Å²) in [6.07, 6.45) is 5.74. The molecule has 2 fully saturated rings. The zero-order valence-electron chi connectivity index (χ0n) is 9.45. The van der Waals surface area contributed by atoms with Crippen LogP contribution in [0, 0.1) is 11.8 Å². The van der Waals surface area contributed by atoms with Gasteiger partial charge in [-0.15, -0.1) is 0 Å². The van der Waals surface area contributed by atoms with E-state index in [9.17, 15) is 0 Å². The van der Waals surface area contributed by atoms with Gasteiger partial charge in [0.1, 0.15) is 0 Å². The van der Waals surface area contributed by atoms with Crippen LogP contribution in [0.5, 0.6) is 0 Å². The van der Waals surface area contributed by atoms with Gasteiger partial charge >= 0.3 is 0 Å². The summed E-state index contributed by atoms with van der Waals surface area (Å²) in [6, 6.07) is 8.95. The molecule has 0 atom stereocenters. The number of halogens is 1. The molecule has 2 aliphatic rings. The summed E-state index contributed by atoms with van der Waals surface area (Å²) in [7, 11) is 0. The summed E-state index contributed by atoms with van der Waals surface area (Å²) in [6.45, 7) is 0.970. The molecule has 1 N–H and O–H groups in total. The molecule has 0 aromatic heterocycles. The minimum Gasteiger partial charge on any atom is -0.309 e. The van der Waals surface area contributed by atoms with Crippen molar-refractivity contribution in [1.29, 1.82) is 0 Å². The lowest BCUT2D eigenvalue weighted by atomic mass is 10.1. The Labute approximate surface area is 102 Å². The van der Waals surface area contributed by atoms with E-state index in [0.29, 0.717) is 0 Å². The Balaban J connectivity index is 1.58. The zero-order chi connectivity index (χ0) is 11.0. The fourth-order valence-electron chi connectivity index (χ4n) is 2.51. The molecule has 0 amide bonds. The number of rotatable bonds is 5. The molecule has 1 aromatic rings. The van der Waals surface area contributed by atoms with Crippen molar-refractivity contribution in [2.75, 3.05) is 0 Å². The van der Waals surface area contributed by atoms with Gasteiger partial charge in [-0.1, -0.05) is 23.7 Å². The standard InChI is InChI=1S/C14H18ClN/c15-13-3-1-2-10(8-13)9-16-14(11-4-5-11)12-6-7-12/h1-3,8,11-12,14,16H,4-7,9H2. The van der Waals surface area contributed by atoms with Crippen LogP contribution >= 0.6 is 11.6 Å². The van der Waals surface area contributed by atoms with Crippen LogP contribution in [-0.2, 0) is 6.54 Å². The largest absolute Gasteiger partial charge is 0.309 e. The molecule has 0 heterocycles. The first-order chi connectivity index (χ1) is 7.83. The van der Waals surface area contributed by atoms with E-state index in [1.165, 1.54) is 31.2 Å². The lowest BCUT2D eigenvalue weighted by Crippen LogP contribution is -2.32. The summed E-state index contributed by atoms with van der Waals surface area (Å²) < 4.78 is 0. The number of hydrogen-bond acceptors (Lipinski definition) is 1. The Bertz CT molecular complexity index is 357. The van der Waals surface area contributed by atoms with Gasteiger partial charge in [-0.3, -0.25) is 0 Å².